The highest BCUT2D eigenvalue weighted by molar-refractivity contribution is 7.47. The number of carbonyl (C=O) groups excluding carboxylic acids is 2. The maximum atomic E-state index is 12.6. The minimum absolute atomic E-state index is 0.0394. The summed E-state index contributed by atoms with van der Waals surface area (Å²) in [5.74, 6) is -0.896. The van der Waals surface area contributed by atoms with E-state index in [1.54, 1.807) is 0 Å². The first-order valence-corrected chi connectivity index (χ1v) is 24.7. The average Bonchev–Trinajstić information content (AvgIpc) is 3.24. The number of esters is 2. The first-order chi connectivity index (χ1) is 29.3. The zero-order valence-corrected chi connectivity index (χ0v) is 38.5. The van der Waals surface area contributed by atoms with Gasteiger partial charge >= 0.3 is 19.8 Å². The second kappa shape index (κ2) is 45.5. The SMILES string of the molecule is CC/C=C\C/C=C\C/C=C\C/C=C\C/C=C\C/C=C\CCCCC(=O)OC(COC(=O)CCCCCCCCC/C=C\C/C=C\CCCCCC)COP(=O)(O)OCCN. The molecule has 2 unspecified atom stereocenters. The van der Waals surface area contributed by atoms with Gasteiger partial charge in [-0.15, -0.1) is 0 Å². The zero-order valence-electron chi connectivity index (χ0n) is 37.7. The Morgan fingerprint density at radius 2 is 0.917 bits per heavy atom. The molecular formula is C50H84NO8P. The van der Waals surface area contributed by atoms with Crippen molar-refractivity contribution in [3.63, 3.8) is 0 Å². The Bertz CT molecular complexity index is 1300. The fraction of sp³-hybridized carbons (Fsp3) is 0.640. The van der Waals surface area contributed by atoms with E-state index in [2.05, 4.69) is 111 Å². The van der Waals surface area contributed by atoms with Gasteiger partial charge < -0.3 is 20.1 Å². The molecule has 0 spiro atoms. The number of ether oxygens (including phenoxy) is 2. The second-order valence-electron chi connectivity index (χ2n) is 14.9. The summed E-state index contributed by atoms with van der Waals surface area (Å²) in [6, 6.07) is 0. The number of phosphoric acid groups is 1. The van der Waals surface area contributed by atoms with Crippen molar-refractivity contribution in [2.75, 3.05) is 26.4 Å². The Kier molecular flexibility index (Phi) is 43.1. The first-order valence-electron chi connectivity index (χ1n) is 23.2. The molecule has 0 aromatic heterocycles. The molecule has 0 aromatic rings. The lowest BCUT2D eigenvalue weighted by Gasteiger charge is -2.19. The van der Waals surface area contributed by atoms with E-state index in [0.29, 0.717) is 12.8 Å². The molecule has 60 heavy (non-hydrogen) atoms. The van der Waals surface area contributed by atoms with Crippen LogP contribution in [0, 0.1) is 0 Å². The third-order valence-electron chi connectivity index (χ3n) is 9.20. The normalized spacial score (nSPS) is 14.1. The smallest absolute Gasteiger partial charge is 0.462 e. The third kappa shape index (κ3) is 44.5. The summed E-state index contributed by atoms with van der Waals surface area (Å²) in [5.41, 5.74) is 5.35. The topological polar surface area (TPSA) is 134 Å². The van der Waals surface area contributed by atoms with Gasteiger partial charge in [0, 0.05) is 19.4 Å². The van der Waals surface area contributed by atoms with E-state index in [0.717, 1.165) is 83.5 Å². The summed E-state index contributed by atoms with van der Waals surface area (Å²) < 4.78 is 32.8. The molecule has 0 fully saturated rings. The van der Waals surface area contributed by atoms with Crippen LogP contribution in [0.2, 0.25) is 0 Å². The number of phosphoric ester groups is 1. The monoisotopic (exact) mass is 858 g/mol. The lowest BCUT2D eigenvalue weighted by atomic mass is 10.1. The summed E-state index contributed by atoms with van der Waals surface area (Å²) in [5, 5.41) is 0. The molecule has 0 rings (SSSR count). The fourth-order valence-corrected chi connectivity index (χ4v) is 6.55. The fourth-order valence-electron chi connectivity index (χ4n) is 5.78. The van der Waals surface area contributed by atoms with E-state index in [1.165, 1.54) is 51.4 Å². The van der Waals surface area contributed by atoms with Crippen LogP contribution in [-0.4, -0.2) is 49.3 Å². The number of nitrogens with two attached hydrogens (primary N) is 1. The van der Waals surface area contributed by atoms with Gasteiger partial charge in [0.05, 0.1) is 13.2 Å². The largest absolute Gasteiger partial charge is 0.472 e. The second-order valence-corrected chi connectivity index (χ2v) is 16.3. The number of unbranched alkanes of at least 4 members (excludes halogenated alkanes) is 13. The minimum Gasteiger partial charge on any atom is -0.462 e. The predicted molar refractivity (Wildman–Crippen MR) is 252 cm³/mol. The van der Waals surface area contributed by atoms with Crippen LogP contribution in [0.5, 0.6) is 0 Å². The third-order valence-corrected chi connectivity index (χ3v) is 10.2. The van der Waals surface area contributed by atoms with Crippen molar-refractivity contribution in [2.24, 2.45) is 5.73 Å². The van der Waals surface area contributed by atoms with E-state index >= 15 is 0 Å². The maximum absolute atomic E-state index is 12.6. The van der Waals surface area contributed by atoms with E-state index < -0.39 is 32.5 Å². The molecule has 0 aliphatic heterocycles. The minimum atomic E-state index is -4.40. The van der Waals surface area contributed by atoms with Gasteiger partial charge in [0.1, 0.15) is 6.61 Å². The molecule has 0 bridgehead atoms. The molecule has 0 saturated carbocycles. The number of hydrogen-bond acceptors (Lipinski definition) is 8. The van der Waals surface area contributed by atoms with Crippen molar-refractivity contribution in [2.45, 2.75) is 180 Å². The van der Waals surface area contributed by atoms with Crippen LogP contribution in [0.25, 0.3) is 0 Å². The molecule has 9 nitrogen and oxygen atoms in total. The summed E-state index contributed by atoms with van der Waals surface area (Å²) >= 11 is 0. The van der Waals surface area contributed by atoms with Gasteiger partial charge in [-0.05, 0) is 96.3 Å². The summed E-state index contributed by atoms with van der Waals surface area (Å²) in [7, 11) is -4.40. The van der Waals surface area contributed by atoms with E-state index in [1.807, 2.05) is 0 Å². The maximum Gasteiger partial charge on any atom is 0.472 e. The number of hydrogen-bond donors (Lipinski definition) is 2. The van der Waals surface area contributed by atoms with Crippen molar-refractivity contribution in [3.8, 4) is 0 Å². The Morgan fingerprint density at radius 3 is 1.40 bits per heavy atom. The summed E-state index contributed by atoms with van der Waals surface area (Å²) in [4.78, 5) is 34.9. The van der Waals surface area contributed by atoms with Crippen molar-refractivity contribution in [1.82, 2.24) is 0 Å². The van der Waals surface area contributed by atoms with Crippen LogP contribution >= 0.6 is 7.82 Å². The molecular weight excluding hydrogens is 774 g/mol. The van der Waals surface area contributed by atoms with Crippen LogP contribution in [0.3, 0.4) is 0 Å². The molecule has 3 N–H and O–H groups in total. The van der Waals surface area contributed by atoms with Crippen LogP contribution in [0.4, 0.5) is 0 Å². The van der Waals surface area contributed by atoms with Crippen molar-refractivity contribution in [1.29, 1.82) is 0 Å². The molecule has 0 saturated heterocycles. The lowest BCUT2D eigenvalue weighted by Crippen LogP contribution is -2.29. The predicted octanol–water partition coefficient (Wildman–Crippen LogP) is 13.8. The first kappa shape index (κ1) is 56.9. The zero-order chi connectivity index (χ0) is 43.9. The van der Waals surface area contributed by atoms with Crippen molar-refractivity contribution >= 4 is 19.8 Å². The number of rotatable bonds is 42. The van der Waals surface area contributed by atoms with Gasteiger partial charge in [-0.25, -0.2) is 4.57 Å². The molecule has 10 heteroatoms. The Labute approximate surface area is 366 Å². The quantitative estimate of drug-likeness (QED) is 0.0266. The molecule has 0 heterocycles. The van der Waals surface area contributed by atoms with Gasteiger partial charge in [0.2, 0.25) is 0 Å². The molecule has 2 atom stereocenters. The highest BCUT2D eigenvalue weighted by atomic mass is 31.2. The molecule has 0 aromatic carbocycles. The van der Waals surface area contributed by atoms with Crippen LogP contribution in [0.1, 0.15) is 174 Å². The highest BCUT2D eigenvalue weighted by Crippen LogP contribution is 2.43. The van der Waals surface area contributed by atoms with Crippen molar-refractivity contribution < 1.29 is 37.6 Å². The van der Waals surface area contributed by atoms with Crippen molar-refractivity contribution in [3.05, 3.63) is 97.2 Å². The van der Waals surface area contributed by atoms with Crippen LogP contribution in [-0.2, 0) is 32.7 Å². The standard InChI is InChI=1S/C50H84NO8P/c1-3-5-7-9-11-13-15-17-19-21-23-24-25-27-29-31-33-35-37-39-41-43-50(53)59-48(47-58-60(54,55)57-45-44-51)46-56-49(52)42-40-38-36-34-32-30-28-26-22-20-18-16-14-12-10-8-6-4-2/h5,7,11,13-14,16-17,19-20,22-24,27,29,33,35,48H,3-4,6,8-10,12,15,18,21,25-26,28,30-32,34,36-47,51H2,1-2H3,(H,54,55)/b7-5-,13-11-,16-14-,19-17-,22-20-,24-23-,29-27-,35-33-. The Hall–Kier alpha value is -3.07. The van der Waals surface area contributed by atoms with Gasteiger partial charge in [-0.2, -0.15) is 0 Å². The number of allylic oxidation sites excluding steroid dienone is 16. The Balaban J connectivity index is 4.25. The molecule has 0 aliphatic rings. The number of carbonyl (C=O) groups is 2. The van der Waals surface area contributed by atoms with Crippen LogP contribution in [0.15, 0.2) is 97.2 Å². The van der Waals surface area contributed by atoms with Gasteiger partial charge in [-0.3, -0.25) is 18.6 Å². The molecule has 342 valence electrons. The molecule has 0 radical (unpaired) electrons. The van der Waals surface area contributed by atoms with E-state index in [9.17, 15) is 19.0 Å². The van der Waals surface area contributed by atoms with Crippen LogP contribution < -0.4 is 5.73 Å². The van der Waals surface area contributed by atoms with Gasteiger partial charge in [0.25, 0.3) is 0 Å². The summed E-state index contributed by atoms with van der Waals surface area (Å²) in [6.45, 7) is 3.53. The van der Waals surface area contributed by atoms with Gasteiger partial charge in [-0.1, -0.05) is 162 Å². The lowest BCUT2D eigenvalue weighted by molar-refractivity contribution is -0.161. The van der Waals surface area contributed by atoms with E-state index in [4.69, 9.17) is 24.3 Å². The highest BCUT2D eigenvalue weighted by Gasteiger charge is 2.26. The molecule has 0 amide bonds. The van der Waals surface area contributed by atoms with Gasteiger partial charge in [0.15, 0.2) is 6.10 Å². The Morgan fingerprint density at radius 1 is 0.517 bits per heavy atom. The average molecular weight is 858 g/mol. The molecule has 0 aliphatic carbocycles. The summed E-state index contributed by atoms with van der Waals surface area (Å²) in [6.07, 6.45) is 58.7. The van der Waals surface area contributed by atoms with E-state index in [-0.39, 0.29) is 32.6 Å².